The number of nitrogens with zero attached hydrogens (tertiary/aromatic N) is 2. The van der Waals surface area contributed by atoms with Crippen LogP contribution in [0.25, 0.3) is 0 Å². The lowest BCUT2D eigenvalue weighted by Crippen LogP contribution is -2.64. The van der Waals surface area contributed by atoms with E-state index in [0.717, 1.165) is 32.1 Å². The predicted octanol–water partition coefficient (Wildman–Crippen LogP) is 2.87. The summed E-state index contributed by atoms with van der Waals surface area (Å²) in [6.07, 6.45) is 8.85. The normalized spacial score (nSPS) is 25.1. The number of carbonyl (C=O) groups excluding carboxylic acids is 5. The van der Waals surface area contributed by atoms with Crippen LogP contribution >= 0.6 is 0 Å². The molecule has 14 heteroatoms. The van der Waals surface area contributed by atoms with Crippen molar-refractivity contribution in [1.29, 1.82) is 0 Å². The molecule has 13 nitrogen and oxygen atoms in total. The average molecular weight is 741 g/mol. The maximum absolute atomic E-state index is 14.7. The second kappa shape index (κ2) is 15.0. The zero-order valence-corrected chi connectivity index (χ0v) is 32.2. The monoisotopic (exact) mass is 740 g/mol. The van der Waals surface area contributed by atoms with Gasteiger partial charge in [-0.2, -0.15) is 4.72 Å². The Morgan fingerprint density at radius 2 is 1.71 bits per heavy atom. The number of amides is 4. The van der Waals surface area contributed by atoms with Gasteiger partial charge in [0.1, 0.15) is 18.1 Å². The van der Waals surface area contributed by atoms with Crippen molar-refractivity contribution in [3.63, 3.8) is 0 Å². The number of sulfonamides is 1. The zero-order valence-electron chi connectivity index (χ0n) is 31.4. The molecule has 1 aromatic heterocycles. The number of carbonyl (C=O) groups is 5. The SMILES string of the molecule is C=CCNC(=O)C(=O)C(CC1CC1)NC(=O)[C@@H]1C2C(CN1C(=O)[C@@H](NC(=O)[C@@H](NS(=O)(=O)c1ccccn1)C1(C)CCCCC1)C(C)(C)C)C2(C)C. The number of fused-ring (bicyclic) bond motifs is 1. The van der Waals surface area contributed by atoms with Crippen molar-refractivity contribution in [3.8, 4) is 0 Å². The standard InChI is InChI=1S/C38H56N6O7S/c1-8-19-40-33(47)29(45)25(21-23-15-16-23)41-32(46)28-27-24(37(27,5)6)22-44(28)35(49)31(36(2,3)4)42-34(48)30(38(7)17-11-9-12-18-38)43-52(50,51)26-14-10-13-20-39-26/h8,10,13-14,20,23-25,27-28,30-31,43H,1,9,11-12,15-19,21-22H2,2-7H3,(H,40,47)(H,41,46)(H,42,48)/t24?,25?,27?,28-,30+,31+/m0/s1. The summed E-state index contributed by atoms with van der Waals surface area (Å²) in [6, 6.07) is 0.267. The first-order valence-corrected chi connectivity index (χ1v) is 20.1. The Morgan fingerprint density at radius 3 is 2.29 bits per heavy atom. The van der Waals surface area contributed by atoms with Gasteiger partial charge in [-0.25, -0.2) is 13.4 Å². The minimum absolute atomic E-state index is 0.0241. The lowest BCUT2D eigenvalue weighted by molar-refractivity contribution is -0.147. The van der Waals surface area contributed by atoms with Crippen LogP contribution in [0.5, 0.6) is 0 Å². The van der Waals surface area contributed by atoms with E-state index in [9.17, 15) is 32.4 Å². The second-order valence-electron chi connectivity index (χ2n) is 17.2. The van der Waals surface area contributed by atoms with Gasteiger partial charge in [-0.3, -0.25) is 24.0 Å². The van der Waals surface area contributed by atoms with E-state index in [1.807, 2.05) is 41.5 Å². The van der Waals surface area contributed by atoms with E-state index in [4.69, 9.17) is 0 Å². The summed E-state index contributed by atoms with van der Waals surface area (Å²) in [5.74, 6) is -3.06. The van der Waals surface area contributed by atoms with Crippen molar-refractivity contribution in [2.45, 2.75) is 122 Å². The molecule has 286 valence electrons. The maximum Gasteiger partial charge on any atom is 0.289 e. The van der Waals surface area contributed by atoms with Crippen molar-refractivity contribution in [2.75, 3.05) is 13.1 Å². The minimum Gasteiger partial charge on any atom is -0.346 e. The van der Waals surface area contributed by atoms with Gasteiger partial charge in [0, 0.05) is 19.3 Å². The first-order valence-electron chi connectivity index (χ1n) is 18.6. The van der Waals surface area contributed by atoms with Crippen molar-refractivity contribution in [1.82, 2.24) is 30.6 Å². The molecule has 4 amide bonds. The summed E-state index contributed by atoms with van der Waals surface area (Å²) in [4.78, 5) is 74.7. The topological polar surface area (TPSA) is 184 Å². The van der Waals surface area contributed by atoms with Gasteiger partial charge in [-0.15, -0.1) is 6.58 Å². The van der Waals surface area contributed by atoms with Crippen molar-refractivity contribution in [2.24, 2.45) is 34.0 Å². The molecule has 4 aliphatic rings. The van der Waals surface area contributed by atoms with Crippen molar-refractivity contribution < 1.29 is 32.4 Å². The quantitative estimate of drug-likeness (QED) is 0.156. The van der Waals surface area contributed by atoms with Crippen LogP contribution in [0.3, 0.4) is 0 Å². The summed E-state index contributed by atoms with van der Waals surface area (Å²) in [7, 11) is -4.20. The van der Waals surface area contributed by atoms with Gasteiger partial charge in [0.15, 0.2) is 5.03 Å². The molecule has 3 saturated carbocycles. The Hall–Kier alpha value is -3.65. The highest BCUT2D eigenvalue weighted by Crippen LogP contribution is 2.65. The van der Waals surface area contributed by atoms with Gasteiger partial charge in [0.05, 0.1) is 6.04 Å². The largest absolute Gasteiger partial charge is 0.346 e. The molecule has 5 rings (SSSR count). The number of rotatable bonds is 15. The Morgan fingerprint density at radius 1 is 1.04 bits per heavy atom. The number of Topliss-reactive ketones (excluding diaryl/α,β-unsaturated/α-hetero) is 1. The molecule has 4 N–H and O–H groups in total. The summed E-state index contributed by atoms with van der Waals surface area (Å²) in [6.45, 7) is 15.4. The van der Waals surface area contributed by atoms with E-state index in [-0.39, 0.29) is 41.3 Å². The average Bonchev–Trinajstić information content (AvgIpc) is 3.95. The van der Waals surface area contributed by atoms with Crippen LogP contribution in [-0.4, -0.2) is 85.0 Å². The summed E-state index contributed by atoms with van der Waals surface area (Å²) >= 11 is 0. The number of hydrogen-bond donors (Lipinski definition) is 4. The van der Waals surface area contributed by atoms with Crippen LogP contribution in [0.2, 0.25) is 0 Å². The zero-order chi connectivity index (χ0) is 38.2. The fraction of sp³-hybridized carbons (Fsp3) is 0.684. The highest BCUT2D eigenvalue weighted by molar-refractivity contribution is 7.89. The van der Waals surface area contributed by atoms with E-state index in [0.29, 0.717) is 19.3 Å². The van der Waals surface area contributed by atoms with Crippen LogP contribution in [0.4, 0.5) is 0 Å². The highest BCUT2D eigenvalue weighted by atomic mass is 32.2. The highest BCUT2D eigenvalue weighted by Gasteiger charge is 2.70. The molecule has 0 spiro atoms. The molecule has 52 heavy (non-hydrogen) atoms. The van der Waals surface area contributed by atoms with Crippen LogP contribution in [0.1, 0.15) is 92.9 Å². The van der Waals surface area contributed by atoms with Gasteiger partial charge >= 0.3 is 0 Å². The van der Waals surface area contributed by atoms with Crippen molar-refractivity contribution >= 4 is 39.4 Å². The molecule has 3 aliphatic carbocycles. The van der Waals surface area contributed by atoms with Crippen LogP contribution in [0, 0.1) is 34.0 Å². The first kappa shape index (κ1) is 39.6. The van der Waals surface area contributed by atoms with Crippen LogP contribution < -0.4 is 20.7 Å². The Kier molecular flexibility index (Phi) is 11.4. The molecule has 6 atom stereocenters. The molecule has 4 fully saturated rings. The third-order valence-corrected chi connectivity index (χ3v) is 13.2. The van der Waals surface area contributed by atoms with E-state index in [1.165, 1.54) is 23.2 Å². The number of nitrogens with one attached hydrogen (secondary N) is 4. The lowest BCUT2D eigenvalue weighted by Gasteiger charge is -2.42. The van der Waals surface area contributed by atoms with E-state index < -0.39 is 74.4 Å². The molecule has 0 aromatic carbocycles. The molecule has 1 saturated heterocycles. The number of likely N-dealkylation sites (tertiary alicyclic amines) is 1. The molecule has 0 radical (unpaired) electrons. The van der Waals surface area contributed by atoms with E-state index in [1.54, 1.807) is 12.1 Å². The van der Waals surface area contributed by atoms with Crippen LogP contribution in [-0.2, 0) is 34.0 Å². The Labute approximate surface area is 308 Å². The van der Waals surface area contributed by atoms with Gasteiger partial charge in [-0.1, -0.05) is 85.8 Å². The summed E-state index contributed by atoms with van der Waals surface area (Å²) in [5.41, 5.74) is -1.79. The van der Waals surface area contributed by atoms with Crippen LogP contribution in [0.15, 0.2) is 42.1 Å². The molecule has 1 aliphatic heterocycles. The molecular formula is C38H56N6O7S. The molecule has 0 bridgehead atoms. The van der Waals surface area contributed by atoms with Crippen molar-refractivity contribution in [3.05, 3.63) is 37.1 Å². The molecule has 2 heterocycles. The Balaban J connectivity index is 1.40. The van der Waals surface area contributed by atoms with Gasteiger partial charge in [-0.05, 0) is 65.4 Å². The number of aromatic nitrogens is 1. The number of pyridine rings is 1. The van der Waals surface area contributed by atoms with Gasteiger partial charge in [0.25, 0.3) is 15.9 Å². The van der Waals surface area contributed by atoms with Gasteiger partial charge in [0.2, 0.25) is 23.5 Å². The maximum atomic E-state index is 14.7. The minimum atomic E-state index is -4.20. The predicted molar refractivity (Wildman–Crippen MR) is 195 cm³/mol. The van der Waals surface area contributed by atoms with E-state index in [2.05, 4.69) is 32.2 Å². The third kappa shape index (κ3) is 8.43. The fourth-order valence-electron chi connectivity index (χ4n) is 8.32. The smallest absolute Gasteiger partial charge is 0.289 e. The number of ketones is 1. The number of hydrogen-bond acceptors (Lipinski definition) is 8. The number of piperidine rings is 1. The second-order valence-corrected chi connectivity index (χ2v) is 18.9. The Bertz CT molecular complexity index is 1660. The first-order chi connectivity index (χ1) is 24.3. The van der Waals surface area contributed by atoms with Gasteiger partial charge < -0.3 is 20.9 Å². The molecule has 1 aromatic rings. The lowest BCUT2D eigenvalue weighted by atomic mass is 9.70. The summed E-state index contributed by atoms with van der Waals surface area (Å²) in [5, 5.41) is 8.10. The molecular weight excluding hydrogens is 685 g/mol. The molecule has 3 unspecified atom stereocenters. The third-order valence-electron chi connectivity index (χ3n) is 11.8. The fourth-order valence-corrected chi connectivity index (χ4v) is 9.60. The van der Waals surface area contributed by atoms with E-state index >= 15 is 0 Å². The summed E-state index contributed by atoms with van der Waals surface area (Å²) < 4.78 is 29.8.